The molecule has 0 saturated carbocycles. The van der Waals surface area contributed by atoms with Gasteiger partial charge < -0.3 is 14.8 Å². The summed E-state index contributed by atoms with van der Waals surface area (Å²) in [7, 11) is 3.10. The molecule has 0 atom stereocenters. The van der Waals surface area contributed by atoms with E-state index in [9.17, 15) is 4.79 Å². The normalized spacial score (nSPS) is 11.0. The number of amides is 1. The molecule has 0 spiro atoms. The van der Waals surface area contributed by atoms with Crippen LogP contribution >= 0.6 is 34.5 Å². The maximum Gasteiger partial charge on any atom is 0.266 e. The summed E-state index contributed by atoms with van der Waals surface area (Å²) in [6.45, 7) is 2.10. The van der Waals surface area contributed by atoms with Crippen LogP contribution in [-0.4, -0.2) is 30.1 Å². The van der Waals surface area contributed by atoms with E-state index in [1.807, 2.05) is 6.92 Å². The molecule has 0 aliphatic heterocycles. The average molecular weight is 412 g/mol. The number of aryl methyl sites for hydroxylation is 1. The van der Waals surface area contributed by atoms with Crippen molar-refractivity contribution in [2.75, 3.05) is 19.5 Å². The first-order valence-corrected chi connectivity index (χ1v) is 9.11. The number of anilines is 1. The number of hydrogen-bond acceptors (Lipinski definition) is 6. The van der Waals surface area contributed by atoms with Crippen molar-refractivity contribution in [3.05, 3.63) is 44.5 Å². The lowest BCUT2D eigenvalue weighted by atomic mass is 10.2. The van der Waals surface area contributed by atoms with Crippen molar-refractivity contribution in [3.8, 4) is 5.88 Å². The third-order valence-corrected chi connectivity index (χ3v) is 5.58. The fourth-order valence-electron chi connectivity index (χ4n) is 2.46. The first-order chi connectivity index (χ1) is 12.4. The van der Waals surface area contributed by atoms with Gasteiger partial charge in [0.05, 0.1) is 27.4 Å². The Hall–Kier alpha value is -1.93. The Morgan fingerprint density at radius 1 is 1.23 bits per heavy atom. The molecule has 9 heteroatoms. The second-order valence-corrected chi connectivity index (χ2v) is 7.21. The number of aromatic nitrogens is 2. The molecular weight excluding hydrogens is 397 g/mol. The number of nitrogens with zero attached hydrogens (tertiary/aromatic N) is 2. The first kappa shape index (κ1) is 18.8. The number of carbonyl (C=O) groups is 1. The van der Waals surface area contributed by atoms with Gasteiger partial charge in [0.25, 0.3) is 5.91 Å². The summed E-state index contributed by atoms with van der Waals surface area (Å²) in [5.74, 6) is 0.651. The number of hydrogen-bond donors (Lipinski definition) is 1. The molecule has 1 aromatic carbocycles. The van der Waals surface area contributed by atoms with E-state index in [-0.39, 0.29) is 12.5 Å². The number of ether oxygens (including phenoxy) is 2. The van der Waals surface area contributed by atoms with Crippen LogP contribution in [-0.2, 0) is 11.3 Å². The lowest BCUT2D eigenvalue weighted by Gasteiger charge is -2.06. The molecule has 0 fully saturated rings. The lowest BCUT2D eigenvalue weighted by molar-refractivity contribution is 0.103. The maximum absolute atomic E-state index is 12.7. The number of methoxy groups -OCH3 is 2. The monoisotopic (exact) mass is 411 g/mol. The van der Waals surface area contributed by atoms with Crippen molar-refractivity contribution in [2.45, 2.75) is 13.5 Å². The number of carbonyl (C=O) groups excluding carboxylic acids is 1. The van der Waals surface area contributed by atoms with Crippen LogP contribution in [0.2, 0.25) is 10.0 Å². The van der Waals surface area contributed by atoms with Crippen LogP contribution in [0.3, 0.4) is 0 Å². The molecule has 3 rings (SSSR count). The third kappa shape index (κ3) is 3.61. The molecule has 26 heavy (non-hydrogen) atoms. The van der Waals surface area contributed by atoms with Gasteiger partial charge in [0.15, 0.2) is 5.82 Å². The molecule has 1 N–H and O–H groups in total. The van der Waals surface area contributed by atoms with E-state index in [1.165, 1.54) is 18.4 Å². The minimum atomic E-state index is -0.265. The Labute approximate surface area is 164 Å². The number of nitrogens with one attached hydrogen (secondary N) is 1. The summed E-state index contributed by atoms with van der Waals surface area (Å²) in [4.78, 5) is 22.7. The highest BCUT2D eigenvalue weighted by molar-refractivity contribution is 7.20. The summed E-state index contributed by atoms with van der Waals surface area (Å²) < 4.78 is 10.5. The highest BCUT2D eigenvalue weighted by atomic mass is 35.5. The first-order valence-electron chi connectivity index (χ1n) is 7.54. The second-order valence-electron chi connectivity index (χ2n) is 5.40. The molecule has 0 aliphatic rings. The Morgan fingerprint density at radius 3 is 2.65 bits per heavy atom. The largest absolute Gasteiger partial charge is 0.480 e. The molecule has 0 unspecified atom stereocenters. The van der Waals surface area contributed by atoms with Gasteiger partial charge in [0.2, 0.25) is 5.88 Å². The van der Waals surface area contributed by atoms with Crippen molar-refractivity contribution in [2.24, 2.45) is 0 Å². The van der Waals surface area contributed by atoms with E-state index < -0.39 is 0 Å². The van der Waals surface area contributed by atoms with E-state index in [2.05, 4.69) is 15.3 Å². The van der Waals surface area contributed by atoms with E-state index >= 15 is 0 Å². The lowest BCUT2D eigenvalue weighted by Crippen LogP contribution is -2.11. The smallest absolute Gasteiger partial charge is 0.266 e. The average Bonchev–Trinajstić information content (AvgIpc) is 2.95. The fraction of sp³-hybridized carbons (Fsp3) is 0.235. The summed E-state index contributed by atoms with van der Waals surface area (Å²) in [6, 6.07) is 4.91. The Kier molecular flexibility index (Phi) is 5.62. The van der Waals surface area contributed by atoms with Crippen LogP contribution in [0.25, 0.3) is 10.2 Å². The molecule has 0 bridgehead atoms. The maximum atomic E-state index is 12.7. The quantitative estimate of drug-likeness (QED) is 0.657. The van der Waals surface area contributed by atoms with Crippen LogP contribution in [0.15, 0.2) is 18.2 Å². The van der Waals surface area contributed by atoms with Gasteiger partial charge in [-0.15, -0.1) is 11.3 Å². The molecule has 136 valence electrons. The number of rotatable bonds is 5. The summed E-state index contributed by atoms with van der Waals surface area (Å²) in [5.41, 5.74) is 1.31. The minimum Gasteiger partial charge on any atom is -0.480 e. The van der Waals surface area contributed by atoms with Gasteiger partial charge in [0, 0.05) is 12.8 Å². The van der Waals surface area contributed by atoms with Crippen molar-refractivity contribution in [3.63, 3.8) is 0 Å². The zero-order valence-corrected chi connectivity index (χ0v) is 16.6. The Morgan fingerprint density at radius 2 is 2.00 bits per heavy atom. The van der Waals surface area contributed by atoms with E-state index in [0.717, 1.165) is 10.9 Å². The molecule has 0 aliphatic carbocycles. The minimum absolute atomic E-state index is 0.258. The second kappa shape index (κ2) is 7.75. The SMILES string of the molecule is COCc1nc(OC)c2c(C)c(C(=O)Nc3ccc(Cl)c(Cl)c3)sc2n1. The van der Waals surface area contributed by atoms with Gasteiger partial charge in [-0.1, -0.05) is 23.2 Å². The molecule has 2 aromatic heterocycles. The topological polar surface area (TPSA) is 73.3 Å². The van der Waals surface area contributed by atoms with Gasteiger partial charge in [-0.05, 0) is 30.7 Å². The summed E-state index contributed by atoms with van der Waals surface area (Å²) >= 11 is 13.2. The van der Waals surface area contributed by atoms with Gasteiger partial charge >= 0.3 is 0 Å². The van der Waals surface area contributed by atoms with Crippen LogP contribution in [0.1, 0.15) is 21.1 Å². The van der Waals surface area contributed by atoms with Crippen molar-refractivity contribution in [1.29, 1.82) is 0 Å². The van der Waals surface area contributed by atoms with Crippen LogP contribution in [0.4, 0.5) is 5.69 Å². The van der Waals surface area contributed by atoms with Gasteiger partial charge in [-0.2, -0.15) is 4.98 Å². The zero-order valence-electron chi connectivity index (χ0n) is 14.2. The van der Waals surface area contributed by atoms with E-state index in [0.29, 0.717) is 37.1 Å². The Balaban J connectivity index is 2.00. The third-order valence-electron chi connectivity index (χ3n) is 3.65. The fourth-order valence-corrected chi connectivity index (χ4v) is 3.85. The predicted molar refractivity (Wildman–Crippen MR) is 104 cm³/mol. The van der Waals surface area contributed by atoms with E-state index in [1.54, 1.807) is 25.3 Å². The van der Waals surface area contributed by atoms with Crippen molar-refractivity contribution < 1.29 is 14.3 Å². The molecule has 6 nitrogen and oxygen atoms in total. The van der Waals surface area contributed by atoms with Gasteiger partial charge in [0.1, 0.15) is 11.4 Å². The molecule has 0 saturated heterocycles. The number of thiophene rings is 1. The van der Waals surface area contributed by atoms with Gasteiger partial charge in [-0.25, -0.2) is 4.98 Å². The van der Waals surface area contributed by atoms with Crippen LogP contribution in [0, 0.1) is 6.92 Å². The predicted octanol–water partition coefficient (Wildman–Crippen LogP) is 4.71. The number of fused-ring (bicyclic) bond motifs is 1. The molecule has 3 aromatic rings. The summed E-state index contributed by atoms with van der Waals surface area (Å²) in [5, 5.41) is 4.33. The summed E-state index contributed by atoms with van der Waals surface area (Å²) in [6.07, 6.45) is 0. The van der Waals surface area contributed by atoms with Crippen LogP contribution < -0.4 is 10.1 Å². The van der Waals surface area contributed by atoms with Gasteiger partial charge in [-0.3, -0.25) is 4.79 Å². The molecule has 1 amide bonds. The number of benzene rings is 1. The zero-order chi connectivity index (χ0) is 18.8. The molecule has 2 heterocycles. The molecular formula is C17H15Cl2N3O3S. The number of halogens is 2. The van der Waals surface area contributed by atoms with Crippen LogP contribution in [0.5, 0.6) is 5.88 Å². The standard InChI is InChI=1S/C17H15Cl2N3O3S/c1-8-13-16(25-3)21-12(7-24-2)22-17(13)26-14(8)15(23)20-9-4-5-10(18)11(19)6-9/h4-6H,7H2,1-3H3,(H,20,23). The van der Waals surface area contributed by atoms with E-state index in [4.69, 9.17) is 32.7 Å². The molecule has 0 radical (unpaired) electrons. The van der Waals surface area contributed by atoms with Crippen molar-refractivity contribution in [1.82, 2.24) is 9.97 Å². The van der Waals surface area contributed by atoms with Crippen molar-refractivity contribution >= 4 is 56.3 Å². The Bertz CT molecular complexity index is 991. The highest BCUT2D eigenvalue weighted by Crippen LogP contribution is 2.35. The highest BCUT2D eigenvalue weighted by Gasteiger charge is 2.21.